The molecule has 1 aliphatic rings. The van der Waals surface area contributed by atoms with Crippen molar-refractivity contribution in [2.24, 2.45) is 0 Å². The van der Waals surface area contributed by atoms with Crippen LogP contribution in [0.5, 0.6) is 5.75 Å². The highest BCUT2D eigenvalue weighted by atomic mass is 35.5. The lowest BCUT2D eigenvalue weighted by Gasteiger charge is -2.15. The number of fused-ring (bicyclic) bond motifs is 1. The Bertz CT molecular complexity index is 1040. The molecule has 2 amide bonds. The molecule has 1 aliphatic carbocycles. The molecule has 0 saturated heterocycles. The van der Waals surface area contributed by atoms with Crippen LogP contribution in [-0.4, -0.2) is 34.5 Å². The molecule has 0 radical (unpaired) electrons. The Morgan fingerprint density at radius 2 is 2.00 bits per heavy atom. The summed E-state index contributed by atoms with van der Waals surface area (Å²) in [6.07, 6.45) is 7.98. The molecule has 0 bridgehead atoms. The van der Waals surface area contributed by atoms with Crippen LogP contribution in [0, 0.1) is 0 Å². The summed E-state index contributed by atoms with van der Waals surface area (Å²) in [7, 11) is 1.55. The lowest BCUT2D eigenvalue weighted by Crippen LogP contribution is -2.32. The second kappa shape index (κ2) is 9.17. The minimum Gasteiger partial charge on any atom is -0.495 e. The molecule has 0 spiro atoms. The number of carbonyl (C=O) groups is 1. The van der Waals surface area contributed by atoms with Crippen LogP contribution in [0.2, 0.25) is 5.02 Å². The Hall–Kier alpha value is -3.06. The van der Waals surface area contributed by atoms with Gasteiger partial charge in [0.1, 0.15) is 5.75 Å². The molecule has 8 heteroatoms. The van der Waals surface area contributed by atoms with E-state index in [-0.39, 0.29) is 6.03 Å². The molecule has 1 aromatic carbocycles. The number of ether oxygens (including phenoxy) is 1. The summed E-state index contributed by atoms with van der Waals surface area (Å²) in [4.78, 5) is 16.4. The predicted octanol–water partition coefficient (Wildman–Crippen LogP) is 4.31. The van der Waals surface area contributed by atoms with Crippen molar-refractivity contribution >= 4 is 23.3 Å². The fourth-order valence-corrected chi connectivity index (χ4v) is 3.99. The molecule has 3 aromatic rings. The number of hydrogen-bond donors (Lipinski definition) is 2. The first kappa shape index (κ1) is 20.2. The van der Waals surface area contributed by atoms with Gasteiger partial charge in [-0.15, -0.1) is 0 Å². The molecule has 0 atom stereocenters. The standard InChI is InChI=1S/C22H24ClN5O2/c1-30-20-7-6-16(23)14-18(20)26-22(29)25-12-13-28-19-5-3-2-4-17(19)21(27-28)15-8-10-24-11-9-15/h6-11,14H,2-5,12-13H2,1H3,(H2,25,26,29). The molecule has 0 fully saturated rings. The highest BCUT2D eigenvalue weighted by Gasteiger charge is 2.21. The topological polar surface area (TPSA) is 81.1 Å². The van der Waals surface area contributed by atoms with Crippen molar-refractivity contribution in [1.29, 1.82) is 0 Å². The number of nitrogens with zero attached hydrogens (tertiary/aromatic N) is 3. The number of nitrogens with one attached hydrogen (secondary N) is 2. The monoisotopic (exact) mass is 425 g/mol. The van der Waals surface area contributed by atoms with Crippen LogP contribution >= 0.6 is 11.6 Å². The molecular formula is C22H24ClN5O2. The number of methoxy groups -OCH3 is 1. The van der Waals surface area contributed by atoms with Crippen molar-refractivity contribution in [3.63, 3.8) is 0 Å². The Morgan fingerprint density at radius 3 is 2.80 bits per heavy atom. The van der Waals surface area contributed by atoms with Crippen LogP contribution in [-0.2, 0) is 19.4 Å². The van der Waals surface area contributed by atoms with E-state index in [0.29, 0.717) is 29.5 Å². The zero-order valence-corrected chi connectivity index (χ0v) is 17.6. The number of anilines is 1. The first-order chi connectivity index (χ1) is 14.7. The molecule has 0 saturated carbocycles. The van der Waals surface area contributed by atoms with Crippen LogP contribution in [0.3, 0.4) is 0 Å². The van der Waals surface area contributed by atoms with Crippen LogP contribution < -0.4 is 15.4 Å². The first-order valence-corrected chi connectivity index (χ1v) is 10.4. The van der Waals surface area contributed by atoms with E-state index in [4.69, 9.17) is 21.4 Å². The first-order valence-electron chi connectivity index (χ1n) is 10.0. The van der Waals surface area contributed by atoms with E-state index in [0.717, 1.165) is 30.5 Å². The van der Waals surface area contributed by atoms with E-state index in [2.05, 4.69) is 15.6 Å². The molecule has 4 rings (SSSR count). The highest BCUT2D eigenvalue weighted by molar-refractivity contribution is 6.31. The summed E-state index contributed by atoms with van der Waals surface area (Å²) >= 11 is 6.02. The largest absolute Gasteiger partial charge is 0.495 e. The van der Waals surface area contributed by atoms with Gasteiger partial charge in [0.2, 0.25) is 0 Å². The average Bonchev–Trinajstić information content (AvgIpc) is 3.13. The number of halogens is 1. The second-order valence-corrected chi connectivity index (χ2v) is 7.60. The second-order valence-electron chi connectivity index (χ2n) is 7.17. The fraction of sp³-hybridized carbons (Fsp3) is 0.318. The fourth-order valence-electron chi connectivity index (χ4n) is 3.82. The average molecular weight is 426 g/mol. The van der Waals surface area contributed by atoms with E-state index in [9.17, 15) is 4.79 Å². The SMILES string of the molecule is COc1ccc(Cl)cc1NC(=O)NCCn1nc(-c2ccncc2)c2c1CCCC2. The normalized spacial score (nSPS) is 12.9. The maximum atomic E-state index is 12.3. The molecular weight excluding hydrogens is 402 g/mol. The number of hydrogen-bond acceptors (Lipinski definition) is 4. The lowest BCUT2D eigenvalue weighted by molar-refractivity contribution is 0.251. The molecule has 0 aliphatic heterocycles. The summed E-state index contributed by atoms with van der Waals surface area (Å²) in [5.41, 5.74) is 5.23. The van der Waals surface area contributed by atoms with Crippen LogP contribution in [0.25, 0.3) is 11.3 Å². The summed E-state index contributed by atoms with van der Waals surface area (Å²) in [5.74, 6) is 0.553. The van der Waals surface area contributed by atoms with Crippen molar-refractivity contribution in [1.82, 2.24) is 20.1 Å². The van der Waals surface area contributed by atoms with Crippen molar-refractivity contribution < 1.29 is 9.53 Å². The summed E-state index contributed by atoms with van der Waals surface area (Å²) in [5, 5.41) is 11.1. The van der Waals surface area contributed by atoms with Gasteiger partial charge >= 0.3 is 6.03 Å². The van der Waals surface area contributed by atoms with E-state index in [1.807, 2.05) is 16.8 Å². The highest BCUT2D eigenvalue weighted by Crippen LogP contribution is 2.31. The van der Waals surface area contributed by atoms with Gasteiger partial charge in [0.15, 0.2) is 0 Å². The smallest absolute Gasteiger partial charge is 0.319 e. The van der Waals surface area contributed by atoms with E-state index < -0.39 is 0 Å². The van der Waals surface area contributed by atoms with Gasteiger partial charge < -0.3 is 15.4 Å². The number of rotatable bonds is 6. The molecule has 0 unspecified atom stereocenters. The van der Waals surface area contributed by atoms with Crippen molar-refractivity contribution in [2.75, 3.05) is 19.0 Å². The number of urea groups is 1. The lowest BCUT2D eigenvalue weighted by atomic mass is 9.94. The van der Waals surface area contributed by atoms with Gasteiger partial charge in [-0.05, 0) is 56.0 Å². The van der Waals surface area contributed by atoms with Crippen LogP contribution in [0.15, 0.2) is 42.7 Å². The quantitative estimate of drug-likeness (QED) is 0.616. The maximum Gasteiger partial charge on any atom is 0.319 e. The van der Waals surface area contributed by atoms with Gasteiger partial charge in [0.05, 0.1) is 25.0 Å². The maximum absolute atomic E-state index is 12.3. The van der Waals surface area contributed by atoms with Gasteiger partial charge in [0, 0.05) is 40.8 Å². The minimum absolute atomic E-state index is 0.314. The van der Waals surface area contributed by atoms with E-state index >= 15 is 0 Å². The molecule has 30 heavy (non-hydrogen) atoms. The summed E-state index contributed by atoms with van der Waals surface area (Å²) in [6, 6.07) is 8.76. The van der Waals surface area contributed by atoms with Crippen molar-refractivity contribution in [3.8, 4) is 17.0 Å². The van der Waals surface area contributed by atoms with Gasteiger partial charge in [-0.3, -0.25) is 9.67 Å². The van der Waals surface area contributed by atoms with Crippen molar-refractivity contribution in [3.05, 3.63) is 59.0 Å². The Balaban J connectivity index is 1.43. The number of amides is 2. The Morgan fingerprint density at radius 1 is 1.20 bits per heavy atom. The number of pyridine rings is 1. The van der Waals surface area contributed by atoms with Crippen molar-refractivity contribution in [2.45, 2.75) is 32.2 Å². The van der Waals surface area contributed by atoms with Gasteiger partial charge in [0.25, 0.3) is 0 Å². The molecule has 2 N–H and O–H groups in total. The third-order valence-corrected chi connectivity index (χ3v) is 5.46. The van der Waals surface area contributed by atoms with E-state index in [1.165, 1.54) is 17.7 Å². The third-order valence-electron chi connectivity index (χ3n) is 5.23. The van der Waals surface area contributed by atoms with Gasteiger partial charge in [-0.1, -0.05) is 11.6 Å². The summed E-state index contributed by atoms with van der Waals surface area (Å²) < 4.78 is 7.29. The van der Waals surface area contributed by atoms with Crippen LogP contribution in [0.4, 0.5) is 10.5 Å². The predicted molar refractivity (Wildman–Crippen MR) is 117 cm³/mol. The number of carbonyl (C=O) groups excluding carboxylic acids is 1. The van der Waals surface area contributed by atoms with Crippen LogP contribution in [0.1, 0.15) is 24.1 Å². The zero-order chi connectivity index (χ0) is 20.9. The molecule has 2 aromatic heterocycles. The van der Waals surface area contributed by atoms with Gasteiger partial charge in [-0.2, -0.15) is 5.10 Å². The number of aromatic nitrogens is 3. The molecule has 7 nitrogen and oxygen atoms in total. The van der Waals surface area contributed by atoms with Gasteiger partial charge in [-0.25, -0.2) is 4.79 Å². The minimum atomic E-state index is -0.314. The third kappa shape index (κ3) is 4.41. The summed E-state index contributed by atoms with van der Waals surface area (Å²) in [6.45, 7) is 1.06. The number of benzene rings is 1. The Kier molecular flexibility index (Phi) is 6.18. The Labute approximate surface area is 180 Å². The molecule has 2 heterocycles. The zero-order valence-electron chi connectivity index (χ0n) is 16.8. The molecule has 156 valence electrons. The van der Waals surface area contributed by atoms with E-state index in [1.54, 1.807) is 37.7 Å².